The minimum atomic E-state index is -0.181. The zero-order valence-electron chi connectivity index (χ0n) is 11.0. The molecule has 0 spiro atoms. The van der Waals surface area contributed by atoms with Gasteiger partial charge in [0.25, 0.3) is 5.91 Å². The minimum Gasteiger partial charge on any atom is -0.378 e. The van der Waals surface area contributed by atoms with Gasteiger partial charge >= 0.3 is 0 Å². The van der Waals surface area contributed by atoms with E-state index in [0.717, 1.165) is 58.4 Å². The number of piperidine rings is 1. The van der Waals surface area contributed by atoms with Crippen LogP contribution < -0.4 is 5.73 Å². The van der Waals surface area contributed by atoms with Crippen molar-refractivity contribution in [2.75, 3.05) is 32.8 Å². The topological polar surface area (TPSA) is 64.8 Å². The van der Waals surface area contributed by atoms with E-state index in [4.69, 9.17) is 15.2 Å². The molecule has 0 aromatic heterocycles. The second-order valence-electron chi connectivity index (χ2n) is 5.04. The number of hydrogen-bond acceptors (Lipinski definition) is 4. The third-order valence-corrected chi connectivity index (χ3v) is 3.66. The molecule has 1 unspecified atom stereocenters. The molecular formula is C13H24N2O3. The second kappa shape index (κ2) is 7.07. The summed E-state index contributed by atoms with van der Waals surface area (Å²) >= 11 is 0. The van der Waals surface area contributed by atoms with Crippen LogP contribution >= 0.6 is 0 Å². The number of hydrogen-bond donors (Lipinski definition) is 1. The lowest BCUT2D eigenvalue weighted by molar-refractivity contribution is -0.143. The van der Waals surface area contributed by atoms with Crippen molar-refractivity contribution in [3.63, 3.8) is 0 Å². The Labute approximate surface area is 109 Å². The van der Waals surface area contributed by atoms with Crippen molar-refractivity contribution >= 4 is 5.91 Å². The van der Waals surface area contributed by atoms with Crippen molar-refractivity contribution in [3.05, 3.63) is 0 Å². The van der Waals surface area contributed by atoms with Gasteiger partial charge in [-0.2, -0.15) is 0 Å². The molecule has 104 valence electrons. The highest BCUT2D eigenvalue weighted by molar-refractivity contribution is 5.81. The highest BCUT2D eigenvalue weighted by Gasteiger charge is 2.30. The van der Waals surface area contributed by atoms with Crippen LogP contribution in [0, 0.1) is 0 Å². The lowest BCUT2D eigenvalue weighted by Gasteiger charge is -2.33. The fraction of sp³-hybridized carbons (Fsp3) is 0.923. The van der Waals surface area contributed by atoms with Gasteiger partial charge in [-0.3, -0.25) is 4.79 Å². The molecule has 0 bridgehead atoms. The zero-order valence-corrected chi connectivity index (χ0v) is 11.0. The van der Waals surface area contributed by atoms with Crippen molar-refractivity contribution in [2.24, 2.45) is 5.73 Å². The summed E-state index contributed by atoms with van der Waals surface area (Å²) in [4.78, 5) is 14.0. The molecule has 0 aromatic carbocycles. The molecular weight excluding hydrogens is 232 g/mol. The zero-order chi connectivity index (χ0) is 12.8. The number of likely N-dealkylation sites (tertiary alicyclic amines) is 1. The normalized spacial score (nSPS) is 25.6. The molecule has 2 saturated heterocycles. The molecule has 5 heteroatoms. The number of carbonyl (C=O) groups is 1. The van der Waals surface area contributed by atoms with E-state index in [-0.39, 0.29) is 12.0 Å². The molecule has 2 fully saturated rings. The van der Waals surface area contributed by atoms with Gasteiger partial charge in [0.05, 0.1) is 6.10 Å². The quantitative estimate of drug-likeness (QED) is 0.728. The first kappa shape index (κ1) is 13.8. The molecule has 0 aliphatic carbocycles. The van der Waals surface area contributed by atoms with E-state index in [1.165, 1.54) is 0 Å². The highest BCUT2D eigenvalue weighted by atomic mass is 16.5. The number of ether oxygens (including phenoxy) is 2. The Bertz CT molecular complexity index is 259. The molecule has 2 aliphatic rings. The average Bonchev–Trinajstić information content (AvgIpc) is 2.93. The maximum atomic E-state index is 12.1. The fourth-order valence-electron chi connectivity index (χ4n) is 2.55. The Morgan fingerprint density at radius 3 is 2.72 bits per heavy atom. The van der Waals surface area contributed by atoms with Crippen LogP contribution in [-0.4, -0.2) is 55.9 Å². The summed E-state index contributed by atoms with van der Waals surface area (Å²) in [5.74, 6) is 0.174. The molecule has 2 aliphatic heterocycles. The van der Waals surface area contributed by atoms with Crippen molar-refractivity contribution in [3.8, 4) is 0 Å². The Hall–Kier alpha value is -0.650. The molecule has 0 aromatic rings. The van der Waals surface area contributed by atoms with Gasteiger partial charge in [0.15, 0.2) is 0 Å². The summed E-state index contributed by atoms with van der Waals surface area (Å²) < 4.78 is 11.2. The largest absolute Gasteiger partial charge is 0.378 e. The first-order valence-electron chi connectivity index (χ1n) is 7.03. The van der Waals surface area contributed by atoms with Crippen LogP contribution in [0.5, 0.6) is 0 Å². The van der Waals surface area contributed by atoms with Crippen LogP contribution in [0.1, 0.15) is 32.1 Å². The van der Waals surface area contributed by atoms with Gasteiger partial charge < -0.3 is 20.1 Å². The van der Waals surface area contributed by atoms with E-state index in [1.807, 2.05) is 4.90 Å². The first-order chi connectivity index (χ1) is 8.81. The number of amides is 1. The highest BCUT2D eigenvalue weighted by Crippen LogP contribution is 2.19. The Morgan fingerprint density at radius 1 is 1.33 bits per heavy atom. The summed E-state index contributed by atoms with van der Waals surface area (Å²) in [5.41, 5.74) is 5.43. The standard InChI is InChI=1S/C13H24N2O3/c14-6-2-10-17-11-4-7-15(8-5-11)13(16)12-3-1-9-18-12/h11-12H,1-10,14H2. The number of carbonyl (C=O) groups excluding carboxylic acids is 1. The average molecular weight is 256 g/mol. The summed E-state index contributed by atoms with van der Waals surface area (Å²) in [6, 6.07) is 0. The van der Waals surface area contributed by atoms with E-state index < -0.39 is 0 Å². The molecule has 5 nitrogen and oxygen atoms in total. The van der Waals surface area contributed by atoms with Crippen LogP contribution in [0.3, 0.4) is 0 Å². The van der Waals surface area contributed by atoms with E-state index in [0.29, 0.717) is 12.6 Å². The third kappa shape index (κ3) is 3.67. The van der Waals surface area contributed by atoms with Crippen LogP contribution in [0.25, 0.3) is 0 Å². The van der Waals surface area contributed by atoms with Crippen LogP contribution in [0.4, 0.5) is 0 Å². The van der Waals surface area contributed by atoms with Gasteiger partial charge in [0.1, 0.15) is 6.10 Å². The van der Waals surface area contributed by atoms with E-state index in [1.54, 1.807) is 0 Å². The molecule has 2 rings (SSSR count). The third-order valence-electron chi connectivity index (χ3n) is 3.66. The molecule has 1 amide bonds. The minimum absolute atomic E-state index is 0.174. The van der Waals surface area contributed by atoms with E-state index in [9.17, 15) is 4.79 Å². The van der Waals surface area contributed by atoms with Gasteiger partial charge in [-0.15, -0.1) is 0 Å². The van der Waals surface area contributed by atoms with Crippen LogP contribution in [-0.2, 0) is 14.3 Å². The maximum Gasteiger partial charge on any atom is 0.251 e. The van der Waals surface area contributed by atoms with Crippen molar-refractivity contribution < 1.29 is 14.3 Å². The fourth-order valence-corrected chi connectivity index (χ4v) is 2.55. The van der Waals surface area contributed by atoms with Crippen molar-refractivity contribution in [1.82, 2.24) is 4.90 Å². The molecule has 1 atom stereocenters. The van der Waals surface area contributed by atoms with Gasteiger partial charge in [-0.1, -0.05) is 0 Å². The summed E-state index contributed by atoms with van der Waals surface area (Å²) in [7, 11) is 0. The van der Waals surface area contributed by atoms with Crippen LogP contribution in [0.15, 0.2) is 0 Å². The number of nitrogens with zero attached hydrogens (tertiary/aromatic N) is 1. The van der Waals surface area contributed by atoms with Gasteiger partial charge in [-0.25, -0.2) is 0 Å². The summed E-state index contributed by atoms with van der Waals surface area (Å²) in [6.07, 6.45) is 4.78. The Balaban J connectivity index is 1.67. The maximum absolute atomic E-state index is 12.1. The molecule has 2 heterocycles. The number of nitrogens with two attached hydrogens (primary N) is 1. The van der Waals surface area contributed by atoms with Gasteiger partial charge in [0.2, 0.25) is 0 Å². The first-order valence-corrected chi connectivity index (χ1v) is 7.03. The summed E-state index contributed by atoms with van der Waals surface area (Å²) in [6.45, 7) is 3.74. The molecule has 0 radical (unpaired) electrons. The van der Waals surface area contributed by atoms with Crippen molar-refractivity contribution in [1.29, 1.82) is 0 Å². The van der Waals surface area contributed by atoms with Gasteiger partial charge in [0, 0.05) is 26.3 Å². The predicted octanol–water partition coefficient (Wildman–Crippen LogP) is 0.522. The Kier molecular flexibility index (Phi) is 5.41. The second-order valence-corrected chi connectivity index (χ2v) is 5.04. The monoisotopic (exact) mass is 256 g/mol. The smallest absolute Gasteiger partial charge is 0.251 e. The van der Waals surface area contributed by atoms with Crippen molar-refractivity contribution in [2.45, 2.75) is 44.3 Å². The number of rotatable bonds is 5. The SMILES string of the molecule is NCCCOC1CCN(C(=O)C2CCCO2)CC1. The lowest BCUT2D eigenvalue weighted by Crippen LogP contribution is -2.45. The van der Waals surface area contributed by atoms with E-state index >= 15 is 0 Å². The lowest BCUT2D eigenvalue weighted by atomic mass is 10.1. The molecule has 18 heavy (non-hydrogen) atoms. The van der Waals surface area contributed by atoms with Gasteiger partial charge in [-0.05, 0) is 38.6 Å². The Morgan fingerprint density at radius 2 is 2.11 bits per heavy atom. The van der Waals surface area contributed by atoms with E-state index in [2.05, 4.69) is 0 Å². The van der Waals surface area contributed by atoms with Crippen LogP contribution in [0.2, 0.25) is 0 Å². The molecule has 2 N–H and O–H groups in total. The molecule has 0 saturated carbocycles. The summed E-state index contributed by atoms with van der Waals surface area (Å²) in [5, 5.41) is 0. The predicted molar refractivity (Wildman–Crippen MR) is 68.2 cm³/mol.